The van der Waals surface area contributed by atoms with E-state index in [1.165, 1.54) is 7.11 Å². The van der Waals surface area contributed by atoms with Crippen molar-refractivity contribution >= 4 is 46.4 Å². The largest absolute Gasteiger partial charge is 0.493 e. The Morgan fingerprint density at radius 2 is 1.75 bits per heavy atom. The number of benzene rings is 2. The number of rotatable bonds is 8. The number of nitrogens with zero attached hydrogens (tertiary/aromatic N) is 1. The summed E-state index contributed by atoms with van der Waals surface area (Å²) in [6.45, 7) is 1.36. The maximum atomic E-state index is 12.1. The molecule has 0 aromatic heterocycles. The molecule has 148 valence electrons. The lowest BCUT2D eigenvalue weighted by molar-refractivity contribution is -0.123. The minimum absolute atomic E-state index is 0.0313. The minimum atomic E-state index is -0.469. The van der Waals surface area contributed by atoms with Gasteiger partial charge in [0.25, 0.3) is 5.91 Å². The van der Waals surface area contributed by atoms with Crippen molar-refractivity contribution in [2.24, 2.45) is 5.10 Å². The summed E-state index contributed by atoms with van der Waals surface area (Å²) in [4.78, 5) is 23.9. The standard InChI is InChI=1S/C19H19Cl2N3O4/c1-12(10-17(25)22-14-7-5-6-13(20)19(14)21)23-24-18(26)11-28-16-9-4-3-8-15(16)27-2/h3-9H,10-11H2,1-2H3,(H,22,25)(H,24,26)/b23-12-. The summed E-state index contributed by atoms with van der Waals surface area (Å²) in [6, 6.07) is 11.9. The maximum absolute atomic E-state index is 12.1. The number of carbonyl (C=O) groups is 2. The number of halogens is 2. The fraction of sp³-hybridized carbons (Fsp3) is 0.211. The van der Waals surface area contributed by atoms with Gasteiger partial charge in [0.1, 0.15) is 0 Å². The number of ether oxygens (including phenoxy) is 2. The number of methoxy groups -OCH3 is 1. The Balaban J connectivity index is 1.82. The van der Waals surface area contributed by atoms with Crippen LogP contribution in [0.1, 0.15) is 13.3 Å². The zero-order valence-electron chi connectivity index (χ0n) is 15.3. The van der Waals surface area contributed by atoms with E-state index in [0.717, 1.165) is 0 Å². The fourth-order valence-electron chi connectivity index (χ4n) is 2.14. The van der Waals surface area contributed by atoms with E-state index in [9.17, 15) is 9.59 Å². The van der Waals surface area contributed by atoms with Crippen LogP contribution >= 0.6 is 23.2 Å². The number of para-hydroxylation sites is 2. The van der Waals surface area contributed by atoms with Crippen molar-refractivity contribution < 1.29 is 19.1 Å². The first-order valence-corrected chi connectivity index (χ1v) is 8.98. The average molecular weight is 424 g/mol. The van der Waals surface area contributed by atoms with Gasteiger partial charge in [-0.25, -0.2) is 5.43 Å². The summed E-state index contributed by atoms with van der Waals surface area (Å²) in [5.41, 5.74) is 3.14. The van der Waals surface area contributed by atoms with Crippen molar-refractivity contribution in [1.82, 2.24) is 5.43 Å². The predicted octanol–water partition coefficient (Wildman–Crippen LogP) is 3.90. The Hall–Kier alpha value is -2.77. The lowest BCUT2D eigenvalue weighted by Crippen LogP contribution is -2.26. The van der Waals surface area contributed by atoms with Crippen molar-refractivity contribution in [2.75, 3.05) is 19.0 Å². The molecule has 0 heterocycles. The van der Waals surface area contributed by atoms with Gasteiger partial charge in [-0.3, -0.25) is 9.59 Å². The van der Waals surface area contributed by atoms with Crippen molar-refractivity contribution in [3.05, 3.63) is 52.5 Å². The first kappa shape index (κ1) is 21.5. The molecule has 0 radical (unpaired) electrons. The zero-order valence-corrected chi connectivity index (χ0v) is 16.8. The van der Waals surface area contributed by atoms with Gasteiger partial charge >= 0.3 is 0 Å². The van der Waals surface area contributed by atoms with Crippen LogP contribution in [0.5, 0.6) is 11.5 Å². The highest BCUT2D eigenvalue weighted by molar-refractivity contribution is 6.44. The highest BCUT2D eigenvalue weighted by Crippen LogP contribution is 2.29. The molecule has 9 heteroatoms. The molecule has 2 N–H and O–H groups in total. The molecule has 0 saturated carbocycles. The summed E-state index contributed by atoms with van der Waals surface area (Å²) in [5.74, 6) is 0.151. The molecule has 2 aromatic rings. The third kappa shape index (κ3) is 6.44. The molecule has 2 amide bonds. The number of carbonyl (C=O) groups excluding carboxylic acids is 2. The fourth-order valence-corrected chi connectivity index (χ4v) is 2.49. The summed E-state index contributed by atoms with van der Waals surface area (Å²) < 4.78 is 10.5. The second kappa shape index (κ2) is 10.5. The van der Waals surface area contributed by atoms with E-state index < -0.39 is 5.91 Å². The van der Waals surface area contributed by atoms with E-state index in [1.54, 1.807) is 49.4 Å². The predicted molar refractivity (Wildman–Crippen MR) is 109 cm³/mol. The van der Waals surface area contributed by atoms with E-state index >= 15 is 0 Å². The molecule has 0 spiro atoms. The molecule has 28 heavy (non-hydrogen) atoms. The first-order chi connectivity index (χ1) is 13.4. The normalized spacial score (nSPS) is 10.9. The van der Waals surface area contributed by atoms with Gasteiger partial charge in [-0.1, -0.05) is 41.4 Å². The van der Waals surface area contributed by atoms with Crippen LogP contribution in [0.3, 0.4) is 0 Å². The number of hydrazone groups is 1. The number of hydrogen-bond acceptors (Lipinski definition) is 5. The van der Waals surface area contributed by atoms with Gasteiger partial charge in [0.05, 0.1) is 29.3 Å². The van der Waals surface area contributed by atoms with Crippen LogP contribution in [0.4, 0.5) is 5.69 Å². The molecule has 0 bridgehead atoms. The Bertz CT molecular complexity index is 887. The molecule has 2 rings (SSSR count). The molecular weight excluding hydrogens is 405 g/mol. The van der Waals surface area contributed by atoms with Gasteiger partial charge in [-0.2, -0.15) is 5.10 Å². The highest BCUT2D eigenvalue weighted by atomic mass is 35.5. The Kier molecular flexibility index (Phi) is 8.10. The topological polar surface area (TPSA) is 89.0 Å². The monoisotopic (exact) mass is 423 g/mol. The van der Waals surface area contributed by atoms with Crippen LogP contribution in [-0.2, 0) is 9.59 Å². The van der Waals surface area contributed by atoms with Crippen molar-refractivity contribution in [2.45, 2.75) is 13.3 Å². The summed E-state index contributed by atoms with van der Waals surface area (Å²) in [6.07, 6.45) is -0.0313. The van der Waals surface area contributed by atoms with Crippen LogP contribution in [0.15, 0.2) is 47.6 Å². The summed E-state index contributed by atoms with van der Waals surface area (Å²) in [7, 11) is 1.51. The third-order valence-corrected chi connectivity index (χ3v) is 4.26. The molecule has 0 aliphatic rings. The van der Waals surface area contributed by atoms with Crippen molar-refractivity contribution in [1.29, 1.82) is 0 Å². The molecule has 0 aliphatic carbocycles. The lowest BCUT2D eigenvalue weighted by atomic mass is 10.2. The molecular formula is C19H19Cl2N3O4. The van der Waals surface area contributed by atoms with Crippen molar-refractivity contribution in [3.8, 4) is 11.5 Å². The molecule has 0 fully saturated rings. The van der Waals surface area contributed by atoms with Gasteiger partial charge in [-0.15, -0.1) is 0 Å². The van der Waals surface area contributed by atoms with Crippen LogP contribution in [-0.4, -0.2) is 31.2 Å². The summed E-state index contributed by atoms with van der Waals surface area (Å²) >= 11 is 11.9. The molecule has 0 saturated heterocycles. The van der Waals surface area contributed by atoms with E-state index in [-0.39, 0.29) is 24.0 Å². The molecule has 0 unspecified atom stereocenters. The Labute approximate surface area is 172 Å². The average Bonchev–Trinajstić information content (AvgIpc) is 2.68. The zero-order chi connectivity index (χ0) is 20.5. The van der Waals surface area contributed by atoms with Gasteiger partial charge in [0.2, 0.25) is 5.91 Å². The highest BCUT2D eigenvalue weighted by Gasteiger charge is 2.10. The van der Waals surface area contributed by atoms with E-state index in [4.69, 9.17) is 32.7 Å². The van der Waals surface area contributed by atoms with Crippen LogP contribution in [0.25, 0.3) is 0 Å². The van der Waals surface area contributed by atoms with E-state index in [2.05, 4.69) is 15.8 Å². The third-order valence-electron chi connectivity index (χ3n) is 3.44. The Morgan fingerprint density at radius 3 is 2.46 bits per heavy atom. The first-order valence-electron chi connectivity index (χ1n) is 8.22. The second-order valence-electron chi connectivity index (χ2n) is 5.65. The number of amides is 2. The molecule has 2 aromatic carbocycles. The van der Waals surface area contributed by atoms with Gasteiger partial charge in [-0.05, 0) is 31.2 Å². The summed E-state index contributed by atoms with van der Waals surface area (Å²) in [5, 5.41) is 7.13. The van der Waals surface area contributed by atoms with Crippen LogP contribution in [0, 0.1) is 0 Å². The smallest absolute Gasteiger partial charge is 0.277 e. The Morgan fingerprint density at radius 1 is 1.04 bits per heavy atom. The van der Waals surface area contributed by atoms with Crippen LogP contribution in [0.2, 0.25) is 10.0 Å². The number of nitrogens with one attached hydrogen (secondary N) is 2. The minimum Gasteiger partial charge on any atom is -0.493 e. The van der Waals surface area contributed by atoms with E-state index in [0.29, 0.717) is 27.9 Å². The maximum Gasteiger partial charge on any atom is 0.277 e. The number of anilines is 1. The van der Waals surface area contributed by atoms with Crippen LogP contribution < -0.4 is 20.2 Å². The second-order valence-corrected chi connectivity index (χ2v) is 6.43. The van der Waals surface area contributed by atoms with Gasteiger partial charge in [0, 0.05) is 5.71 Å². The quantitative estimate of drug-likeness (QED) is 0.497. The lowest BCUT2D eigenvalue weighted by Gasteiger charge is -2.10. The van der Waals surface area contributed by atoms with Gasteiger partial charge < -0.3 is 14.8 Å². The van der Waals surface area contributed by atoms with Gasteiger partial charge in [0.15, 0.2) is 18.1 Å². The number of hydrogen-bond donors (Lipinski definition) is 2. The molecule has 0 atom stereocenters. The van der Waals surface area contributed by atoms with Crippen molar-refractivity contribution in [3.63, 3.8) is 0 Å². The molecule has 0 aliphatic heterocycles. The SMILES string of the molecule is COc1ccccc1OCC(=O)N/N=C(/C)CC(=O)Nc1cccc(Cl)c1Cl. The van der Waals surface area contributed by atoms with E-state index in [1.807, 2.05) is 0 Å². The molecule has 7 nitrogen and oxygen atoms in total.